The van der Waals surface area contributed by atoms with Gasteiger partial charge in [0.1, 0.15) is 5.82 Å². The molecule has 0 aromatic carbocycles. The van der Waals surface area contributed by atoms with Crippen molar-refractivity contribution in [1.29, 1.82) is 0 Å². The molecule has 2 fully saturated rings. The Bertz CT molecular complexity index is 601. The lowest BCUT2D eigenvalue weighted by molar-refractivity contribution is -0.0839. The molecular weight excluding hydrogens is 338 g/mol. The quantitative estimate of drug-likeness (QED) is 0.866. The topological polar surface area (TPSA) is 54.5 Å². The number of amides is 1. The largest absolute Gasteiger partial charge is 0.377 e. The van der Waals surface area contributed by atoms with Crippen LogP contribution in [-0.4, -0.2) is 43.2 Å². The van der Waals surface area contributed by atoms with E-state index in [-0.39, 0.29) is 17.4 Å². The Morgan fingerprint density at radius 2 is 1.93 bits per heavy atom. The van der Waals surface area contributed by atoms with Crippen molar-refractivity contribution in [3.63, 3.8) is 0 Å². The van der Waals surface area contributed by atoms with Crippen molar-refractivity contribution in [3.8, 4) is 0 Å². The SMILES string of the molecule is CC(C)(C)[C@H]1OCCC[C@H]1CNC(=O)c1ccc(N2CCCCCC2)nc1. The van der Waals surface area contributed by atoms with E-state index in [4.69, 9.17) is 4.74 Å². The number of rotatable bonds is 4. The maximum atomic E-state index is 12.6. The maximum absolute atomic E-state index is 12.6. The van der Waals surface area contributed by atoms with Crippen LogP contribution >= 0.6 is 0 Å². The Labute approximate surface area is 163 Å². The van der Waals surface area contributed by atoms with Crippen LogP contribution < -0.4 is 10.2 Å². The van der Waals surface area contributed by atoms with Crippen molar-refractivity contribution < 1.29 is 9.53 Å². The average molecular weight is 374 g/mol. The fourth-order valence-corrected chi connectivity index (χ4v) is 4.34. The standard InChI is InChI=1S/C22H35N3O2/c1-22(2,3)20-17(9-8-14-27-20)15-24-21(26)18-10-11-19(23-16-18)25-12-6-4-5-7-13-25/h10-11,16-17,20H,4-9,12-15H2,1-3H3,(H,24,26)/t17-,20-/m0/s1. The molecule has 27 heavy (non-hydrogen) atoms. The third kappa shape index (κ3) is 5.44. The van der Waals surface area contributed by atoms with Crippen LogP contribution in [0.15, 0.2) is 18.3 Å². The fraction of sp³-hybridized carbons (Fsp3) is 0.727. The second-order valence-electron chi connectivity index (χ2n) is 9.08. The molecule has 0 saturated carbocycles. The highest BCUT2D eigenvalue weighted by atomic mass is 16.5. The second kappa shape index (κ2) is 9.05. The molecular formula is C22H35N3O2. The summed E-state index contributed by atoms with van der Waals surface area (Å²) in [6.07, 6.45) is 9.14. The highest BCUT2D eigenvalue weighted by molar-refractivity contribution is 5.94. The van der Waals surface area contributed by atoms with Gasteiger partial charge < -0.3 is 15.0 Å². The van der Waals surface area contributed by atoms with Gasteiger partial charge in [0.15, 0.2) is 0 Å². The number of pyridine rings is 1. The summed E-state index contributed by atoms with van der Waals surface area (Å²) in [5, 5.41) is 3.11. The minimum absolute atomic E-state index is 0.0388. The number of ether oxygens (including phenoxy) is 1. The zero-order valence-corrected chi connectivity index (χ0v) is 17.2. The molecule has 0 aliphatic carbocycles. The lowest BCUT2D eigenvalue weighted by atomic mass is 9.78. The van der Waals surface area contributed by atoms with Gasteiger partial charge in [0.05, 0.1) is 11.7 Å². The zero-order valence-electron chi connectivity index (χ0n) is 17.2. The number of nitrogens with one attached hydrogen (secondary N) is 1. The third-order valence-electron chi connectivity index (χ3n) is 5.76. The molecule has 1 amide bonds. The summed E-state index contributed by atoms with van der Waals surface area (Å²) in [5.41, 5.74) is 0.726. The minimum Gasteiger partial charge on any atom is -0.377 e. The molecule has 2 aliphatic rings. The molecule has 1 N–H and O–H groups in total. The van der Waals surface area contributed by atoms with Crippen molar-refractivity contribution in [1.82, 2.24) is 10.3 Å². The van der Waals surface area contributed by atoms with Crippen LogP contribution in [-0.2, 0) is 4.74 Å². The van der Waals surface area contributed by atoms with E-state index in [0.29, 0.717) is 18.0 Å². The molecule has 150 valence electrons. The fourth-order valence-electron chi connectivity index (χ4n) is 4.34. The molecule has 2 saturated heterocycles. The highest BCUT2D eigenvalue weighted by Gasteiger charge is 2.35. The van der Waals surface area contributed by atoms with Gasteiger partial charge in [0.25, 0.3) is 5.91 Å². The minimum atomic E-state index is -0.0388. The number of hydrogen-bond acceptors (Lipinski definition) is 4. The molecule has 5 nitrogen and oxygen atoms in total. The van der Waals surface area contributed by atoms with Crippen LogP contribution in [0.3, 0.4) is 0 Å². The van der Waals surface area contributed by atoms with Gasteiger partial charge in [-0.25, -0.2) is 4.98 Å². The van der Waals surface area contributed by atoms with Gasteiger partial charge >= 0.3 is 0 Å². The molecule has 3 heterocycles. The molecule has 5 heteroatoms. The first-order valence-electron chi connectivity index (χ1n) is 10.6. The summed E-state index contributed by atoms with van der Waals surface area (Å²) < 4.78 is 6.02. The number of hydrogen-bond donors (Lipinski definition) is 1. The summed E-state index contributed by atoms with van der Waals surface area (Å²) in [5.74, 6) is 1.32. The Balaban J connectivity index is 1.56. The second-order valence-corrected chi connectivity index (χ2v) is 9.08. The average Bonchev–Trinajstić information content (AvgIpc) is 2.95. The zero-order chi connectivity index (χ0) is 19.3. The Morgan fingerprint density at radius 3 is 2.56 bits per heavy atom. The van der Waals surface area contributed by atoms with Gasteiger partial charge in [-0.05, 0) is 43.2 Å². The van der Waals surface area contributed by atoms with Crippen molar-refractivity contribution in [2.75, 3.05) is 31.1 Å². The van der Waals surface area contributed by atoms with Crippen LogP contribution in [0.1, 0.15) is 69.7 Å². The molecule has 0 spiro atoms. The number of carbonyl (C=O) groups excluding carboxylic acids is 1. The molecule has 0 unspecified atom stereocenters. The van der Waals surface area contributed by atoms with Crippen LogP contribution in [0.25, 0.3) is 0 Å². The van der Waals surface area contributed by atoms with E-state index in [1.54, 1.807) is 6.20 Å². The summed E-state index contributed by atoms with van der Waals surface area (Å²) in [6.45, 7) is 10.3. The Hall–Kier alpha value is -1.62. The molecule has 0 radical (unpaired) electrons. The first-order chi connectivity index (χ1) is 12.9. The van der Waals surface area contributed by atoms with Crippen molar-refractivity contribution >= 4 is 11.7 Å². The van der Waals surface area contributed by atoms with Crippen LogP contribution in [0.5, 0.6) is 0 Å². The van der Waals surface area contributed by atoms with Gasteiger partial charge in [-0.3, -0.25) is 4.79 Å². The van der Waals surface area contributed by atoms with Gasteiger partial charge in [-0.2, -0.15) is 0 Å². The van der Waals surface area contributed by atoms with E-state index in [0.717, 1.165) is 38.4 Å². The molecule has 0 bridgehead atoms. The third-order valence-corrected chi connectivity index (χ3v) is 5.76. The van der Waals surface area contributed by atoms with Crippen molar-refractivity contribution in [2.45, 2.75) is 65.4 Å². The lowest BCUT2D eigenvalue weighted by Gasteiger charge is -2.40. The summed E-state index contributed by atoms with van der Waals surface area (Å²) in [4.78, 5) is 19.5. The van der Waals surface area contributed by atoms with Crippen molar-refractivity contribution in [2.24, 2.45) is 11.3 Å². The summed E-state index contributed by atoms with van der Waals surface area (Å²) >= 11 is 0. The van der Waals surface area contributed by atoms with E-state index in [9.17, 15) is 4.79 Å². The number of carbonyl (C=O) groups is 1. The van der Waals surface area contributed by atoms with Gasteiger partial charge in [0.2, 0.25) is 0 Å². The maximum Gasteiger partial charge on any atom is 0.252 e. The number of anilines is 1. The first kappa shape index (κ1) is 20.1. The highest BCUT2D eigenvalue weighted by Crippen LogP contribution is 2.33. The normalized spacial score (nSPS) is 24.3. The van der Waals surface area contributed by atoms with Gasteiger partial charge in [-0.15, -0.1) is 0 Å². The first-order valence-corrected chi connectivity index (χ1v) is 10.6. The molecule has 3 rings (SSSR count). The molecule has 2 atom stereocenters. The molecule has 1 aromatic rings. The van der Waals surface area contributed by atoms with E-state index >= 15 is 0 Å². The predicted octanol–water partition coefficient (Wildman–Crippen LogP) is 4.03. The molecule has 2 aliphatic heterocycles. The predicted molar refractivity (Wildman–Crippen MR) is 109 cm³/mol. The van der Waals surface area contributed by atoms with Crippen molar-refractivity contribution in [3.05, 3.63) is 23.9 Å². The number of aromatic nitrogens is 1. The lowest BCUT2D eigenvalue weighted by Crippen LogP contribution is -2.45. The number of nitrogens with zero attached hydrogens (tertiary/aromatic N) is 2. The van der Waals surface area contributed by atoms with E-state index in [1.807, 2.05) is 12.1 Å². The Morgan fingerprint density at radius 1 is 1.19 bits per heavy atom. The van der Waals surface area contributed by atoms with E-state index in [1.165, 1.54) is 25.7 Å². The summed E-state index contributed by atoms with van der Waals surface area (Å²) in [7, 11) is 0. The molecule has 1 aromatic heterocycles. The van der Waals surface area contributed by atoms with E-state index < -0.39 is 0 Å². The Kier molecular flexibility index (Phi) is 6.74. The smallest absolute Gasteiger partial charge is 0.252 e. The van der Waals surface area contributed by atoms with Crippen LogP contribution in [0.2, 0.25) is 0 Å². The van der Waals surface area contributed by atoms with Gasteiger partial charge in [-0.1, -0.05) is 33.6 Å². The van der Waals surface area contributed by atoms with E-state index in [2.05, 4.69) is 36.0 Å². The summed E-state index contributed by atoms with van der Waals surface area (Å²) in [6, 6.07) is 3.89. The van der Waals surface area contributed by atoms with Crippen LogP contribution in [0.4, 0.5) is 5.82 Å². The monoisotopic (exact) mass is 373 g/mol. The van der Waals surface area contributed by atoms with Gasteiger partial charge in [0, 0.05) is 38.4 Å². The van der Waals surface area contributed by atoms with Crippen LogP contribution in [0, 0.1) is 11.3 Å².